The van der Waals surface area contributed by atoms with Crippen molar-refractivity contribution in [2.24, 2.45) is 5.92 Å². The van der Waals surface area contributed by atoms with Crippen LogP contribution in [-0.4, -0.2) is 61.6 Å². The van der Waals surface area contributed by atoms with E-state index in [1.54, 1.807) is 43.3 Å². The molecule has 3 saturated heterocycles. The van der Waals surface area contributed by atoms with Gasteiger partial charge in [-0.05, 0) is 94.1 Å². The maximum Gasteiger partial charge on any atom is 0.408 e. The van der Waals surface area contributed by atoms with E-state index in [1.165, 1.54) is 0 Å². The van der Waals surface area contributed by atoms with Crippen molar-refractivity contribution < 1.29 is 19.1 Å². The predicted octanol–water partition coefficient (Wildman–Crippen LogP) is 4.63. The zero-order valence-corrected chi connectivity index (χ0v) is 20.5. The number of carbonyl (C=O) groups excluding carboxylic acids is 2. The van der Waals surface area contributed by atoms with Gasteiger partial charge in [0.1, 0.15) is 17.6 Å². The van der Waals surface area contributed by atoms with Gasteiger partial charge < -0.3 is 24.6 Å². The lowest BCUT2D eigenvalue weighted by atomic mass is 9.92. The first-order chi connectivity index (χ1) is 16.2. The van der Waals surface area contributed by atoms with E-state index >= 15 is 0 Å². The highest BCUT2D eigenvalue weighted by Gasteiger charge is 2.34. The Hall–Kier alpha value is -3.06. The molecule has 34 heavy (non-hydrogen) atoms. The third-order valence-electron chi connectivity index (χ3n) is 6.88. The molecule has 0 spiro atoms. The van der Waals surface area contributed by atoms with E-state index in [9.17, 15) is 9.59 Å². The molecule has 7 nitrogen and oxygen atoms in total. The SMILES string of the molecule is CN(C)C(=O)c1ccc(Oc2ccc(C(C)(C)NC(=O)OC3CCN4CCC3CC4)cc2)cc1. The Morgan fingerprint density at radius 1 is 0.912 bits per heavy atom. The molecule has 3 aliphatic heterocycles. The molecule has 2 amide bonds. The molecule has 1 N–H and O–H groups in total. The summed E-state index contributed by atoms with van der Waals surface area (Å²) in [5, 5.41) is 3.04. The summed E-state index contributed by atoms with van der Waals surface area (Å²) < 4.78 is 11.8. The maximum absolute atomic E-state index is 12.7. The number of fused-ring (bicyclic) bond motifs is 4. The average molecular weight is 466 g/mol. The maximum atomic E-state index is 12.7. The molecule has 5 rings (SSSR count). The number of piperidine rings is 1. The lowest BCUT2D eigenvalue weighted by Crippen LogP contribution is -2.43. The van der Waals surface area contributed by atoms with Gasteiger partial charge >= 0.3 is 6.09 Å². The van der Waals surface area contributed by atoms with Crippen LogP contribution in [0.4, 0.5) is 4.79 Å². The standard InChI is InChI=1S/C27H35N3O4/c1-27(2,28-26(32)34-24-15-18-30-16-13-19(24)14-17-30)21-7-11-23(12-8-21)33-22-9-5-20(6-10-22)25(31)29(3)4/h5-12,19,24H,13-18H2,1-4H3,(H,28,32). The van der Waals surface area contributed by atoms with Crippen molar-refractivity contribution in [1.29, 1.82) is 0 Å². The Bertz CT molecular complexity index is 994. The van der Waals surface area contributed by atoms with Crippen LogP contribution < -0.4 is 10.1 Å². The number of amides is 2. The number of ether oxygens (including phenoxy) is 2. The van der Waals surface area contributed by atoms with E-state index in [0.717, 1.165) is 44.5 Å². The van der Waals surface area contributed by atoms with E-state index in [1.807, 2.05) is 38.1 Å². The van der Waals surface area contributed by atoms with Crippen molar-refractivity contribution >= 4 is 12.0 Å². The Morgan fingerprint density at radius 3 is 2.06 bits per heavy atom. The van der Waals surface area contributed by atoms with Gasteiger partial charge in [0.25, 0.3) is 5.91 Å². The van der Waals surface area contributed by atoms with Crippen LogP contribution in [0, 0.1) is 5.92 Å². The number of carbonyl (C=O) groups is 2. The van der Waals surface area contributed by atoms with Crippen molar-refractivity contribution in [1.82, 2.24) is 15.1 Å². The number of hydrogen-bond donors (Lipinski definition) is 1. The Balaban J connectivity index is 1.34. The number of alkyl carbamates (subject to hydrolysis) is 1. The summed E-state index contributed by atoms with van der Waals surface area (Å²) >= 11 is 0. The summed E-state index contributed by atoms with van der Waals surface area (Å²) in [6.07, 6.45) is 2.77. The highest BCUT2D eigenvalue weighted by atomic mass is 16.6. The second-order valence-corrected chi connectivity index (χ2v) is 10.0. The first kappa shape index (κ1) is 24.1. The van der Waals surface area contributed by atoms with Gasteiger partial charge in [0.15, 0.2) is 0 Å². The molecule has 1 unspecified atom stereocenters. The molecular formula is C27H35N3O4. The molecule has 0 aromatic heterocycles. The summed E-state index contributed by atoms with van der Waals surface area (Å²) in [5.74, 6) is 1.75. The third kappa shape index (κ3) is 5.70. The van der Waals surface area contributed by atoms with Crippen LogP contribution in [0.5, 0.6) is 11.5 Å². The Kier molecular flexibility index (Phi) is 7.12. The van der Waals surface area contributed by atoms with Crippen LogP contribution >= 0.6 is 0 Å². The van der Waals surface area contributed by atoms with Crippen molar-refractivity contribution in [2.45, 2.75) is 44.8 Å². The van der Waals surface area contributed by atoms with Gasteiger partial charge in [-0.3, -0.25) is 4.79 Å². The van der Waals surface area contributed by atoms with Crippen molar-refractivity contribution in [2.75, 3.05) is 33.7 Å². The fourth-order valence-corrected chi connectivity index (χ4v) is 4.74. The lowest BCUT2D eigenvalue weighted by molar-refractivity contribution is 0.0514. The number of hydrogen-bond acceptors (Lipinski definition) is 5. The van der Waals surface area contributed by atoms with E-state index in [-0.39, 0.29) is 18.1 Å². The van der Waals surface area contributed by atoms with Gasteiger partial charge in [0.05, 0.1) is 5.54 Å². The fourth-order valence-electron chi connectivity index (χ4n) is 4.74. The summed E-state index contributed by atoms with van der Waals surface area (Å²) in [4.78, 5) is 28.7. The van der Waals surface area contributed by atoms with Crippen molar-refractivity contribution in [3.05, 3.63) is 59.7 Å². The minimum Gasteiger partial charge on any atom is -0.457 e. The minimum absolute atomic E-state index is 0.00140. The summed E-state index contributed by atoms with van der Waals surface area (Å²) in [6.45, 7) is 7.17. The number of benzene rings is 2. The van der Waals surface area contributed by atoms with Gasteiger partial charge in [0, 0.05) is 26.2 Å². The molecule has 7 heteroatoms. The number of nitrogens with zero attached hydrogens (tertiary/aromatic N) is 2. The van der Waals surface area contributed by atoms with Crippen LogP contribution in [0.2, 0.25) is 0 Å². The van der Waals surface area contributed by atoms with Crippen LogP contribution in [-0.2, 0) is 10.3 Å². The number of nitrogens with one attached hydrogen (secondary N) is 1. The van der Waals surface area contributed by atoms with Gasteiger partial charge in [-0.1, -0.05) is 12.1 Å². The molecule has 3 fully saturated rings. The highest BCUT2D eigenvalue weighted by molar-refractivity contribution is 5.93. The molecule has 1 atom stereocenters. The molecule has 182 valence electrons. The molecule has 2 aromatic carbocycles. The largest absolute Gasteiger partial charge is 0.457 e. The van der Waals surface area contributed by atoms with E-state index < -0.39 is 5.54 Å². The molecule has 2 bridgehead atoms. The van der Waals surface area contributed by atoms with Crippen molar-refractivity contribution in [3.63, 3.8) is 0 Å². The first-order valence-electron chi connectivity index (χ1n) is 12.0. The third-order valence-corrected chi connectivity index (χ3v) is 6.88. The Labute approximate surface area is 202 Å². The van der Waals surface area contributed by atoms with Crippen LogP contribution in [0.1, 0.15) is 49.0 Å². The molecular weight excluding hydrogens is 430 g/mol. The molecule has 3 heterocycles. The van der Waals surface area contributed by atoms with E-state index in [4.69, 9.17) is 9.47 Å². The smallest absolute Gasteiger partial charge is 0.408 e. The second kappa shape index (κ2) is 10.1. The molecule has 3 aliphatic rings. The first-order valence-corrected chi connectivity index (χ1v) is 12.0. The van der Waals surface area contributed by atoms with Crippen LogP contribution in [0.3, 0.4) is 0 Å². The zero-order chi connectivity index (χ0) is 24.3. The molecule has 2 aromatic rings. The quantitative estimate of drug-likeness (QED) is 0.674. The molecule has 0 radical (unpaired) electrons. The van der Waals surface area contributed by atoms with Crippen LogP contribution in [0.25, 0.3) is 0 Å². The highest BCUT2D eigenvalue weighted by Crippen LogP contribution is 2.30. The van der Waals surface area contributed by atoms with Gasteiger partial charge in [0.2, 0.25) is 0 Å². The molecule has 0 aliphatic carbocycles. The lowest BCUT2D eigenvalue weighted by Gasteiger charge is -2.31. The monoisotopic (exact) mass is 465 g/mol. The summed E-state index contributed by atoms with van der Waals surface area (Å²) in [6, 6.07) is 14.7. The van der Waals surface area contributed by atoms with Gasteiger partial charge in [-0.2, -0.15) is 0 Å². The minimum atomic E-state index is -0.587. The fraction of sp³-hybridized carbons (Fsp3) is 0.481. The number of rotatable bonds is 6. The normalized spacial score (nSPS) is 21.9. The van der Waals surface area contributed by atoms with E-state index in [0.29, 0.717) is 23.0 Å². The average Bonchev–Trinajstić information content (AvgIpc) is 3.12. The zero-order valence-electron chi connectivity index (χ0n) is 20.5. The topological polar surface area (TPSA) is 71.1 Å². The summed E-state index contributed by atoms with van der Waals surface area (Å²) in [5.41, 5.74) is 0.981. The van der Waals surface area contributed by atoms with Crippen molar-refractivity contribution in [3.8, 4) is 11.5 Å². The van der Waals surface area contributed by atoms with Gasteiger partial charge in [-0.25, -0.2) is 4.79 Å². The van der Waals surface area contributed by atoms with E-state index in [2.05, 4.69) is 10.2 Å². The Morgan fingerprint density at radius 2 is 1.47 bits per heavy atom. The van der Waals surface area contributed by atoms with Gasteiger partial charge in [-0.15, -0.1) is 0 Å². The van der Waals surface area contributed by atoms with Crippen LogP contribution in [0.15, 0.2) is 48.5 Å². The summed E-state index contributed by atoms with van der Waals surface area (Å²) in [7, 11) is 3.45. The predicted molar refractivity (Wildman–Crippen MR) is 131 cm³/mol. The molecule has 0 saturated carbocycles. The second-order valence-electron chi connectivity index (χ2n) is 10.0.